The Labute approximate surface area is 178 Å². The lowest BCUT2D eigenvalue weighted by Gasteiger charge is -2.12. The average Bonchev–Trinajstić information content (AvgIpc) is 2.66. The van der Waals surface area contributed by atoms with E-state index in [9.17, 15) is 14.0 Å². The number of primary amides is 1. The van der Waals surface area contributed by atoms with Crippen molar-refractivity contribution in [2.45, 2.75) is 19.6 Å². The molecule has 0 bridgehead atoms. The Morgan fingerprint density at radius 1 is 1.17 bits per heavy atom. The summed E-state index contributed by atoms with van der Waals surface area (Å²) in [5.74, 6) is -0.437. The number of nitrogens with zero attached hydrogens (tertiary/aromatic N) is 1. The third-order valence-electron chi connectivity index (χ3n) is 4.25. The molecule has 1 unspecified atom stereocenters. The van der Waals surface area contributed by atoms with E-state index in [0.29, 0.717) is 17.9 Å². The van der Waals surface area contributed by atoms with E-state index in [2.05, 4.69) is 25.2 Å². The molecule has 29 heavy (non-hydrogen) atoms. The quantitative estimate of drug-likeness (QED) is 0.532. The first kappa shape index (κ1) is 21.2. The first-order valence-electron chi connectivity index (χ1n) is 8.75. The van der Waals surface area contributed by atoms with E-state index < -0.39 is 5.91 Å². The molecule has 0 aliphatic heterocycles. The number of ether oxygens (including phenoxy) is 1. The second kappa shape index (κ2) is 9.33. The van der Waals surface area contributed by atoms with E-state index in [-0.39, 0.29) is 28.9 Å². The molecule has 1 amide bonds. The van der Waals surface area contributed by atoms with Gasteiger partial charge in [0, 0.05) is 11.8 Å². The number of rotatable bonds is 7. The molecule has 0 spiro atoms. The highest BCUT2D eigenvalue weighted by atomic mass is 79.9. The minimum absolute atomic E-state index is 0.00793. The summed E-state index contributed by atoms with van der Waals surface area (Å²) in [7, 11) is 2.43. The predicted octanol–water partition coefficient (Wildman–Crippen LogP) is 2.91. The Hall–Kier alpha value is -2.50. The number of halogens is 2. The zero-order chi connectivity index (χ0) is 21.0. The zero-order valence-electron chi connectivity index (χ0n) is 15.4. The number of nitrogens with two attached hydrogens (primary N) is 1. The van der Waals surface area contributed by atoms with Gasteiger partial charge in [-0.2, -0.15) is 0 Å². The zero-order valence-corrected chi connectivity index (χ0v) is 18.1. The van der Waals surface area contributed by atoms with Crippen LogP contribution in [0, 0.1) is 5.82 Å². The molecule has 1 aromatic heterocycles. The van der Waals surface area contributed by atoms with E-state index in [4.69, 9.17) is 10.5 Å². The summed E-state index contributed by atoms with van der Waals surface area (Å²) in [5, 5.41) is 0.745. The van der Waals surface area contributed by atoms with Crippen LogP contribution in [0.4, 0.5) is 4.39 Å². The fourth-order valence-electron chi connectivity index (χ4n) is 2.84. The smallest absolute Gasteiger partial charge is 0.268 e. The maximum atomic E-state index is 14.0. The minimum atomic E-state index is -0.410. The maximum absolute atomic E-state index is 14.0. The SMILES string of the molecule is NC(=O)Cc1cccc(Cn2ccc(OCc3ccc(P)cc3F)c(Br)c2=O)c1. The Balaban J connectivity index is 1.75. The number of carbonyl (C=O) groups is 1. The van der Waals surface area contributed by atoms with Crippen molar-refractivity contribution in [2.75, 3.05) is 0 Å². The van der Waals surface area contributed by atoms with Crippen molar-refractivity contribution in [2.24, 2.45) is 5.73 Å². The van der Waals surface area contributed by atoms with Gasteiger partial charge in [-0.25, -0.2) is 4.39 Å². The lowest BCUT2D eigenvalue weighted by molar-refractivity contribution is -0.117. The van der Waals surface area contributed by atoms with E-state index in [1.54, 1.807) is 24.4 Å². The molecule has 1 heterocycles. The van der Waals surface area contributed by atoms with Crippen LogP contribution in [0.3, 0.4) is 0 Å². The summed E-state index contributed by atoms with van der Waals surface area (Å²) in [6, 6.07) is 13.8. The van der Waals surface area contributed by atoms with Gasteiger partial charge < -0.3 is 15.0 Å². The highest BCUT2D eigenvalue weighted by Crippen LogP contribution is 2.22. The highest BCUT2D eigenvalue weighted by molar-refractivity contribution is 9.10. The molecule has 0 aliphatic rings. The fourth-order valence-corrected chi connectivity index (χ4v) is 3.55. The van der Waals surface area contributed by atoms with Gasteiger partial charge in [-0.15, -0.1) is 9.24 Å². The van der Waals surface area contributed by atoms with Crippen molar-refractivity contribution in [3.05, 3.63) is 92.1 Å². The molecule has 1 atom stereocenters. The monoisotopic (exact) mass is 476 g/mol. The van der Waals surface area contributed by atoms with Gasteiger partial charge in [0.2, 0.25) is 5.91 Å². The topological polar surface area (TPSA) is 74.3 Å². The van der Waals surface area contributed by atoms with E-state index in [1.165, 1.54) is 10.6 Å². The second-order valence-electron chi connectivity index (χ2n) is 6.53. The Morgan fingerprint density at radius 2 is 1.93 bits per heavy atom. The van der Waals surface area contributed by atoms with Crippen LogP contribution in [0.25, 0.3) is 0 Å². The Bertz CT molecular complexity index is 1120. The van der Waals surface area contributed by atoms with E-state index in [0.717, 1.165) is 16.4 Å². The molecule has 0 aliphatic carbocycles. The third-order valence-corrected chi connectivity index (χ3v) is 5.34. The number of aromatic nitrogens is 1. The molecular weight excluding hydrogens is 458 g/mol. The molecule has 2 aromatic carbocycles. The largest absolute Gasteiger partial charge is 0.487 e. The first-order chi connectivity index (χ1) is 13.8. The molecule has 0 saturated heterocycles. The van der Waals surface area contributed by atoms with Crippen molar-refractivity contribution in [3.8, 4) is 5.75 Å². The van der Waals surface area contributed by atoms with Crippen LogP contribution < -0.4 is 21.3 Å². The van der Waals surface area contributed by atoms with Gasteiger partial charge in [0.25, 0.3) is 5.56 Å². The van der Waals surface area contributed by atoms with Crippen molar-refractivity contribution >= 4 is 36.4 Å². The summed E-state index contributed by atoms with van der Waals surface area (Å²) < 4.78 is 21.4. The number of hydrogen-bond donors (Lipinski definition) is 1. The maximum Gasteiger partial charge on any atom is 0.268 e. The van der Waals surface area contributed by atoms with Crippen LogP contribution in [-0.2, 0) is 24.4 Å². The summed E-state index contributed by atoms with van der Waals surface area (Å²) in [6.07, 6.45) is 1.76. The molecule has 0 fully saturated rings. The van der Waals surface area contributed by atoms with Gasteiger partial charge >= 0.3 is 0 Å². The van der Waals surface area contributed by atoms with Crippen LogP contribution >= 0.6 is 25.2 Å². The van der Waals surface area contributed by atoms with Gasteiger partial charge in [-0.1, -0.05) is 36.4 Å². The first-order valence-corrected chi connectivity index (χ1v) is 10.1. The number of pyridine rings is 1. The van der Waals surface area contributed by atoms with E-state index >= 15 is 0 Å². The second-order valence-corrected chi connectivity index (χ2v) is 7.99. The van der Waals surface area contributed by atoms with E-state index in [1.807, 2.05) is 24.3 Å². The van der Waals surface area contributed by atoms with Gasteiger partial charge in [0.15, 0.2) is 0 Å². The van der Waals surface area contributed by atoms with Crippen LogP contribution in [-0.4, -0.2) is 10.5 Å². The lowest BCUT2D eigenvalue weighted by atomic mass is 10.1. The predicted molar refractivity (Wildman–Crippen MR) is 117 cm³/mol. The molecule has 3 rings (SSSR count). The minimum Gasteiger partial charge on any atom is -0.487 e. The van der Waals surface area contributed by atoms with Crippen molar-refractivity contribution in [1.82, 2.24) is 4.57 Å². The molecule has 8 heteroatoms. The molecule has 3 aromatic rings. The summed E-state index contributed by atoms with van der Waals surface area (Å²) in [5.41, 5.74) is 7.02. The van der Waals surface area contributed by atoms with Crippen molar-refractivity contribution < 1.29 is 13.9 Å². The molecule has 2 N–H and O–H groups in total. The summed E-state index contributed by atoms with van der Waals surface area (Å²) >= 11 is 3.28. The molecule has 5 nitrogen and oxygen atoms in total. The number of benzene rings is 2. The van der Waals surface area contributed by atoms with Crippen LogP contribution in [0.5, 0.6) is 5.75 Å². The van der Waals surface area contributed by atoms with Crippen molar-refractivity contribution in [3.63, 3.8) is 0 Å². The number of amides is 1. The van der Waals surface area contributed by atoms with Crippen molar-refractivity contribution in [1.29, 1.82) is 0 Å². The Kier molecular flexibility index (Phi) is 6.83. The summed E-state index contributed by atoms with van der Waals surface area (Å²) in [6.45, 7) is 0.336. The summed E-state index contributed by atoms with van der Waals surface area (Å²) in [4.78, 5) is 23.8. The molecule has 0 saturated carbocycles. The van der Waals surface area contributed by atoms with Crippen LogP contribution in [0.1, 0.15) is 16.7 Å². The fraction of sp³-hybridized carbons (Fsp3) is 0.143. The van der Waals surface area contributed by atoms with Crippen LogP contribution in [0.15, 0.2) is 64.0 Å². The Morgan fingerprint density at radius 3 is 2.66 bits per heavy atom. The highest BCUT2D eigenvalue weighted by Gasteiger charge is 2.11. The van der Waals surface area contributed by atoms with Gasteiger partial charge in [-0.05, 0) is 44.5 Å². The normalized spacial score (nSPS) is 10.7. The lowest BCUT2D eigenvalue weighted by Crippen LogP contribution is -2.21. The third kappa shape index (κ3) is 5.52. The molecule has 0 radical (unpaired) electrons. The van der Waals surface area contributed by atoms with Gasteiger partial charge in [0.05, 0.1) is 13.0 Å². The number of hydrogen-bond acceptors (Lipinski definition) is 3. The standard InChI is InChI=1S/C21H19BrFN2O3P/c22-20-18(28-12-15-4-5-16(29)10-17(15)23)6-7-25(21(20)27)11-14-3-1-2-13(8-14)9-19(24)26/h1-8,10H,9,11-12,29H2,(H2,24,26). The van der Waals surface area contributed by atoms with Gasteiger partial charge in [0.1, 0.15) is 22.6 Å². The molecular formula is C21H19BrFN2O3P. The number of carbonyl (C=O) groups excluding carboxylic acids is 1. The molecule has 150 valence electrons. The van der Waals surface area contributed by atoms with Crippen LogP contribution in [0.2, 0.25) is 0 Å². The average molecular weight is 477 g/mol. The van der Waals surface area contributed by atoms with Gasteiger partial charge in [-0.3, -0.25) is 9.59 Å².